The van der Waals surface area contributed by atoms with Crippen LogP contribution in [0.4, 0.5) is 5.82 Å². The number of ether oxygens (including phenoxy) is 4. The van der Waals surface area contributed by atoms with Gasteiger partial charge in [-0.1, -0.05) is 12.1 Å². The number of fused-ring (bicyclic) bond motifs is 1. The Balaban J connectivity index is 1.17. The van der Waals surface area contributed by atoms with E-state index in [1.807, 2.05) is 42.6 Å². The lowest BCUT2D eigenvalue weighted by atomic mass is 10.1. The van der Waals surface area contributed by atoms with E-state index in [4.69, 9.17) is 23.9 Å². The van der Waals surface area contributed by atoms with Gasteiger partial charge in [0.25, 0.3) is 0 Å². The number of nitrogens with one attached hydrogen (secondary N) is 1. The Kier molecular flexibility index (Phi) is 8.04. The van der Waals surface area contributed by atoms with Crippen molar-refractivity contribution in [1.29, 1.82) is 0 Å². The van der Waals surface area contributed by atoms with E-state index in [2.05, 4.69) is 31.2 Å². The predicted molar refractivity (Wildman–Crippen MR) is 154 cm³/mol. The van der Waals surface area contributed by atoms with Gasteiger partial charge in [0.1, 0.15) is 12.1 Å². The molecule has 1 saturated heterocycles. The number of amides is 1. The number of hydrogen-bond donors (Lipinski definition) is 1. The fraction of sp³-hybridized carbons (Fsp3) is 0.333. The number of anilines is 1. The van der Waals surface area contributed by atoms with Crippen molar-refractivity contribution in [3.8, 4) is 28.9 Å². The summed E-state index contributed by atoms with van der Waals surface area (Å²) in [6, 6.07) is 13.5. The maximum absolute atomic E-state index is 13.3. The van der Waals surface area contributed by atoms with Crippen LogP contribution in [0.3, 0.4) is 0 Å². The lowest BCUT2D eigenvalue weighted by Gasteiger charge is -2.42. The second-order valence-electron chi connectivity index (χ2n) is 10.1. The number of piperazine rings is 1. The topological polar surface area (TPSA) is 116 Å². The van der Waals surface area contributed by atoms with Crippen molar-refractivity contribution in [2.45, 2.75) is 25.6 Å². The van der Waals surface area contributed by atoms with Crippen molar-refractivity contribution in [3.63, 3.8) is 0 Å². The van der Waals surface area contributed by atoms with Crippen LogP contribution in [0.2, 0.25) is 0 Å². The van der Waals surface area contributed by atoms with Crippen LogP contribution in [0.15, 0.2) is 67.4 Å². The first-order valence-corrected chi connectivity index (χ1v) is 13.8. The number of carbonyl (C=O) groups excluding carboxylic acids is 1. The molecule has 0 radical (unpaired) electrons. The zero-order valence-corrected chi connectivity index (χ0v) is 23.6. The Hall–Kier alpha value is -4.84. The summed E-state index contributed by atoms with van der Waals surface area (Å²) >= 11 is 0. The molecule has 2 aromatic heterocycles. The molecule has 1 atom stereocenters. The highest BCUT2D eigenvalue weighted by atomic mass is 16.7. The molecule has 0 saturated carbocycles. The van der Waals surface area contributed by atoms with Crippen LogP contribution in [0, 0.1) is 0 Å². The molecule has 1 unspecified atom stereocenters. The highest BCUT2D eigenvalue weighted by Gasteiger charge is 2.30. The number of carbonyl (C=O) groups is 1. The quantitative estimate of drug-likeness (QED) is 0.305. The number of hydrogen-bond acceptors (Lipinski definition) is 10. The van der Waals surface area contributed by atoms with Crippen molar-refractivity contribution < 1.29 is 23.7 Å². The fourth-order valence-corrected chi connectivity index (χ4v) is 5.32. The molecule has 0 spiro atoms. The van der Waals surface area contributed by atoms with E-state index in [-0.39, 0.29) is 18.7 Å². The molecule has 42 heavy (non-hydrogen) atoms. The van der Waals surface area contributed by atoms with Gasteiger partial charge in [0.2, 0.25) is 18.6 Å². The molecule has 6 rings (SSSR count). The smallest absolute Gasteiger partial charge is 0.236 e. The van der Waals surface area contributed by atoms with E-state index in [1.165, 1.54) is 0 Å². The minimum absolute atomic E-state index is 0.0476. The zero-order valence-electron chi connectivity index (χ0n) is 23.6. The molecule has 218 valence electrons. The number of imidazole rings is 1. The molecule has 4 aromatic rings. The van der Waals surface area contributed by atoms with E-state index >= 15 is 0 Å². The van der Waals surface area contributed by atoms with Gasteiger partial charge in [-0.05, 0) is 41.5 Å². The monoisotopic (exact) mass is 571 g/mol. The molecular formula is C30H33N7O5. The molecular weight excluding hydrogens is 538 g/mol. The largest absolute Gasteiger partial charge is 0.493 e. The minimum Gasteiger partial charge on any atom is -0.493 e. The molecule has 1 fully saturated rings. The number of aromatic nitrogens is 4. The minimum atomic E-state index is -0.108. The Morgan fingerprint density at radius 3 is 2.69 bits per heavy atom. The molecule has 0 bridgehead atoms. The van der Waals surface area contributed by atoms with Gasteiger partial charge in [-0.3, -0.25) is 14.3 Å². The summed E-state index contributed by atoms with van der Waals surface area (Å²) in [4.78, 5) is 31.2. The van der Waals surface area contributed by atoms with E-state index < -0.39 is 0 Å². The third-order valence-electron chi connectivity index (χ3n) is 7.43. The van der Waals surface area contributed by atoms with E-state index in [0.29, 0.717) is 43.5 Å². The number of methoxy groups -OCH3 is 2. The van der Waals surface area contributed by atoms with Crippen LogP contribution >= 0.6 is 0 Å². The van der Waals surface area contributed by atoms with Crippen molar-refractivity contribution >= 4 is 11.7 Å². The Labute approximate surface area is 243 Å². The standard InChI is InChI=1S/C30H33N7O5/c1-39-24-5-3-21(13-26(24)40-2)16-33-29(38)15-23-18-35(17-22-4-6-25-27(14-22)42-20-41-25)11-12-37(23)28-7-8-32-30(34-28)36-10-9-31-19-36/h3-10,13-14,19,23H,11-12,15-18,20H2,1-2H3,(H,33,38). The molecule has 2 aliphatic heterocycles. The molecule has 12 heteroatoms. The van der Waals surface area contributed by atoms with Crippen LogP contribution in [0.25, 0.3) is 5.95 Å². The molecule has 12 nitrogen and oxygen atoms in total. The van der Waals surface area contributed by atoms with E-state index in [0.717, 1.165) is 41.5 Å². The van der Waals surface area contributed by atoms with Gasteiger partial charge in [-0.25, -0.2) is 9.97 Å². The van der Waals surface area contributed by atoms with E-state index in [1.54, 1.807) is 37.5 Å². The Morgan fingerprint density at radius 2 is 1.86 bits per heavy atom. The summed E-state index contributed by atoms with van der Waals surface area (Å²) < 4.78 is 23.5. The van der Waals surface area contributed by atoms with Crippen molar-refractivity contribution in [1.82, 2.24) is 29.7 Å². The third kappa shape index (κ3) is 6.08. The summed E-state index contributed by atoms with van der Waals surface area (Å²) in [5.41, 5.74) is 2.06. The average molecular weight is 572 g/mol. The first kappa shape index (κ1) is 27.3. The highest BCUT2D eigenvalue weighted by Crippen LogP contribution is 2.33. The summed E-state index contributed by atoms with van der Waals surface area (Å²) in [5, 5.41) is 3.08. The van der Waals surface area contributed by atoms with Crippen LogP contribution in [0.5, 0.6) is 23.0 Å². The van der Waals surface area contributed by atoms with Crippen LogP contribution < -0.4 is 29.2 Å². The van der Waals surface area contributed by atoms with Gasteiger partial charge in [0.15, 0.2) is 23.0 Å². The molecule has 1 amide bonds. The highest BCUT2D eigenvalue weighted by molar-refractivity contribution is 5.77. The van der Waals surface area contributed by atoms with Crippen LogP contribution in [0.1, 0.15) is 17.5 Å². The lowest BCUT2D eigenvalue weighted by molar-refractivity contribution is -0.121. The summed E-state index contributed by atoms with van der Waals surface area (Å²) in [5.74, 6) is 4.06. The number of nitrogens with zero attached hydrogens (tertiary/aromatic N) is 6. The lowest BCUT2D eigenvalue weighted by Crippen LogP contribution is -2.54. The van der Waals surface area contributed by atoms with Crippen LogP contribution in [-0.2, 0) is 17.9 Å². The SMILES string of the molecule is COc1ccc(CNC(=O)CC2CN(Cc3ccc4c(c3)OCO4)CCN2c2ccnc(-n3ccnc3)n2)cc1OC. The predicted octanol–water partition coefficient (Wildman–Crippen LogP) is 2.81. The van der Waals surface area contributed by atoms with Gasteiger partial charge in [0, 0.05) is 57.7 Å². The first-order valence-electron chi connectivity index (χ1n) is 13.8. The maximum atomic E-state index is 13.3. The average Bonchev–Trinajstić information content (AvgIpc) is 3.73. The van der Waals surface area contributed by atoms with Gasteiger partial charge >= 0.3 is 0 Å². The number of rotatable bonds is 10. The fourth-order valence-electron chi connectivity index (χ4n) is 5.32. The summed E-state index contributed by atoms with van der Waals surface area (Å²) in [6.45, 7) is 3.56. The molecule has 4 heterocycles. The summed E-state index contributed by atoms with van der Waals surface area (Å²) in [7, 11) is 3.19. The maximum Gasteiger partial charge on any atom is 0.236 e. The zero-order chi connectivity index (χ0) is 28.9. The second-order valence-corrected chi connectivity index (χ2v) is 10.1. The molecule has 2 aromatic carbocycles. The second kappa shape index (κ2) is 12.4. The van der Waals surface area contributed by atoms with Gasteiger partial charge in [-0.2, -0.15) is 4.98 Å². The third-order valence-corrected chi connectivity index (χ3v) is 7.43. The first-order chi connectivity index (χ1) is 20.6. The van der Waals surface area contributed by atoms with Crippen LogP contribution in [-0.4, -0.2) is 77.0 Å². The van der Waals surface area contributed by atoms with Crippen molar-refractivity contribution in [2.75, 3.05) is 45.5 Å². The van der Waals surface area contributed by atoms with Crippen molar-refractivity contribution in [3.05, 3.63) is 78.5 Å². The molecule has 1 N–H and O–H groups in total. The summed E-state index contributed by atoms with van der Waals surface area (Å²) in [6.07, 6.45) is 7.21. The molecule has 2 aliphatic rings. The van der Waals surface area contributed by atoms with Gasteiger partial charge in [0.05, 0.1) is 20.3 Å². The normalized spacial score (nSPS) is 16.3. The van der Waals surface area contributed by atoms with Gasteiger partial charge < -0.3 is 29.2 Å². The Morgan fingerprint density at radius 1 is 1.00 bits per heavy atom. The van der Waals surface area contributed by atoms with Gasteiger partial charge in [-0.15, -0.1) is 0 Å². The van der Waals surface area contributed by atoms with E-state index in [9.17, 15) is 4.79 Å². The Bertz CT molecular complexity index is 1530. The molecule has 0 aliphatic carbocycles. The number of benzene rings is 2. The van der Waals surface area contributed by atoms with Crippen molar-refractivity contribution in [2.24, 2.45) is 0 Å².